The highest BCUT2D eigenvalue weighted by Gasteiger charge is 2.11. The smallest absolute Gasteiger partial charge is 0.227 e. The quantitative estimate of drug-likeness (QED) is 0.528. The zero-order valence-corrected chi connectivity index (χ0v) is 16.6. The Hall–Kier alpha value is -3.01. The lowest BCUT2D eigenvalue weighted by Gasteiger charge is -2.05. The molecule has 1 amide bonds. The lowest BCUT2D eigenvalue weighted by Crippen LogP contribution is -2.26. The van der Waals surface area contributed by atoms with Gasteiger partial charge in [-0.25, -0.2) is 0 Å². The first-order valence-corrected chi connectivity index (χ1v) is 9.39. The third-order valence-corrected chi connectivity index (χ3v) is 4.52. The number of aromatic amines is 1. The molecule has 0 aliphatic rings. The van der Waals surface area contributed by atoms with Gasteiger partial charge in [0.2, 0.25) is 17.6 Å². The summed E-state index contributed by atoms with van der Waals surface area (Å²) in [7, 11) is 1.61. The molecule has 1 aromatic carbocycles. The summed E-state index contributed by atoms with van der Waals surface area (Å²) in [5.41, 5.74) is 0.824. The molecule has 9 nitrogen and oxygen atoms in total. The highest BCUT2D eigenvalue weighted by Crippen LogP contribution is 2.19. The van der Waals surface area contributed by atoms with Crippen molar-refractivity contribution in [1.82, 2.24) is 30.2 Å². The number of hydrogen-bond acceptors (Lipinski definition) is 7. The van der Waals surface area contributed by atoms with Crippen molar-refractivity contribution in [2.45, 2.75) is 32.7 Å². The average Bonchev–Trinajstić information content (AvgIpc) is 3.33. The molecule has 0 saturated carbocycles. The number of amides is 1. The Balaban J connectivity index is 1.45. The van der Waals surface area contributed by atoms with Gasteiger partial charge in [-0.15, -0.1) is 0 Å². The van der Waals surface area contributed by atoms with Crippen LogP contribution in [0, 0.1) is 4.77 Å². The third kappa shape index (κ3) is 4.83. The topological polar surface area (TPSA) is 111 Å². The summed E-state index contributed by atoms with van der Waals surface area (Å²) in [4.78, 5) is 16.4. The van der Waals surface area contributed by atoms with Crippen LogP contribution >= 0.6 is 12.2 Å². The fraction of sp³-hybridized carbons (Fsp3) is 0.389. The predicted octanol–water partition coefficient (Wildman–Crippen LogP) is 2.31. The van der Waals surface area contributed by atoms with Crippen LogP contribution in [0.15, 0.2) is 28.8 Å². The van der Waals surface area contributed by atoms with Gasteiger partial charge in [0.05, 0.1) is 7.11 Å². The maximum atomic E-state index is 12.0. The number of H-pyrrole nitrogens is 1. The molecule has 0 saturated heterocycles. The van der Waals surface area contributed by atoms with Crippen molar-refractivity contribution in [2.75, 3.05) is 13.7 Å². The zero-order valence-electron chi connectivity index (χ0n) is 15.8. The van der Waals surface area contributed by atoms with Gasteiger partial charge in [0.25, 0.3) is 0 Å². The summed E-state index contributed by atoms with van der Waals surface area (Å²) in [5, 5.41) is 13.8. The van der Waals surface area contributed by atoms with Crippen LogP contribution in [-0.4, -0.2) is 44.5 Å². The third-order valence-electron chi connectivity index (χ3n) is 4.21. The van der Waals surface area contributed by atoms with E-state index in [1.54, 1.807) is 7.11 Å². The van der Waals surface area contributed by atoms with E-state index >= 15 is 0 Å². The molecule has 0 fully saturated rings. The molecule has 0 spiro atoms. The van der Waals surface area contributed by atoms with E-state index in [-0.39, 0.29) is 12.3 Å². The number of benzene rings is 1. The number of ether oxygens (including phenoxy) is 1. The number of aromatic nitrogens is 5. The maximum absolute atomic E-state index is 12.0. The Morgan fingerprint density at radius 2 is 2.11 bits per heavy atom. The largest absolute Gasteiger partial charge is 0.497 e. The van der Waals surface area contributed by atoms with Gasteiger partial charge in [-0.2, -0.15) is 10.1 Å². The molecule has 10 heteroatoms. The van der Waals surface area contributed by atoms with Crippen molar-refractivity contribution in [3.05, 3.63) is 40.8 Å². The van der Waals surface area contributed by atoms with Crippen LogP contribution in [0.1, 0.15) is 25.1 Å². The maximum Gasteiger partial charge on any atom is 0.227 e. The molecule has 0 aliphatic heterocycles. The summed E-state index contributed by atoms with van der Waals surface area (Å²) in [6.07, 6.45) is 1.25. The van der Waals surface area contributed by atoms with Crippen molar-refractivity contribution in [3.8, 4) is 17.1 Å². The van der Waals surface area contributed by atoms with Crippen molar-refractivity contribution < 1.29 is 14.1 Å². The van der Waals surface area contributed by atoms with Crippen molar-refractivity contribution in [3.63, 3.8) is 0 Å². The standard InChI is InChI=1S/C18H22N6O3S/c1-3-24-14(21-22-18(24)28)10-11-19-15(25)8-9-16-20-17(23-27-16)12-4-6-13(26-2)7-5-12/h4-7H,3,8-11H2,1-2H3,(H,19,25)(H,22,28). The van der Waals surface area contributed by atoms with Crippen LogP contribution in [0.3, 0.4) is 0 Å². The molecule has 0 aliphatic carbocycles. The fourth-order valence-corrected chi connectivity index (χ4v) is 2.98. The molecular weight excluding hydrogens is 380 g/mol. The highest BCUT2D eigenvalue weighted by molar-refractivity contribution is 7.71. The Morgan fingerprint density at radius 1 is 1.32 bits per heavy atom. The summed E-state index contributed by atoms with van der Waals surface area (Å²) >= 11 is 5.15. The van der Waals surface area contributed by atoms with Crippen LogP contribution in [0.2, 0.25) is 0 Å². The van der Waals surface area contributed by atoms with Crippen LogP contribution in [-0.2, 0) is 24.2 Å². The molecule has 0 atom stereocenters. The average molecular weight is 402 g/mol. The molecule has 0 bridgehead atoms. The van der Waals surface area contributed by atoms with Gasteiger partial charge in [0.1, 0.15) is 11.6 Å². The molecule has 2 aromatic heterocycles. The number of rotatable bonds is 9. The second kappa shape index (κ2) is 9.27. The van der Waals surface area contributed by atoms with Gasteiger partial charge < -0.3 is 19.1 Å². The molecule has 148 valence electrons. The summed E-state index contributed by atoms with van der Waals surface area (Å²) < 4.78 is 12.9. The SMILES string of the molecule is CCn1c(CCNC(=O)CCc2nc(-c3ccc(OC)cc3)no2)n[nH]c1=S. The van der Waals surface area contributed by atoms with E-state index in [4.69, 9.17) is 21.5 Å². The minimum Gasteiger partial charge on any atom is -0.497 e. The van der Waals surface area contributed by atoms with Crippen molar-refractivity contribution in [2.24, 2.45) is 0 Å². The first-order valence-electron chi connectivity index (χ1n) is 8.98. The highest BCUT2D eigenvalue weighted by atomic mass is 32.1. The zero-order chi connectivity index (χ0) is 19.9. The van der Waals surface area contributed by atoms with Crippen LogP contribution < -0.4 is 10.1 Å². The van der Waals surface area contributed by atoms with Crippen LogP contribution in [0.5, 0.6) is 5.75 Å². The van der Waals surface area contributed by atoms with E-state index < -0.39 is 0 Å². The molecule has 3 rings (SSSR count). The molecule has 2 heterocycles. The predicted molar refractivity (Wildman–Crippen MR) is 104 cm³/mol. The minimum absolute atomic E-state index is 0.0821. The Bertz CT molecular complexity index is 976. The Kier molecular flexibility index (Phi) is 6.53. The number of carbonyl (C=O) groups excluding carboxylic acids is 1. The van der Waals surface area contributed by atoms with E-state index in [0.29, 0.717) is 35.9 Å². The molecule has 28 heavy (non-hydrogen) atoms. The molecule has 2 N–H and O–H groups in total. The van der Waals surface area contributed by atoms with Gasteiger partial charge in [0.15, 0.2) is 4.77 Å². The second-order valence-electron chi connectivity index (χ2n) is 6.03. The molecule has 0 unspecified atom stereocenters. The Labute approximate surface area is 167 Å². The summed E-state index contributed by atoms with van der Waals surface area (Å²) in [5.74, 6) is 2.41. The normalized spacial score (nSPS) is 10.8. The first-order chi connectivity index (χ1) is 13.6. The summed E-state index contributed by atoms with van der Waals surface area (Å²) in [6.45, 7) is 3.23. The minimum atomic E-state index is -0.0821. The van der Waals surface area contributed by atoms with E-state index in [1.165, 1.54) is 0 Å². The molecular formula is C18H22N6O3S. The van der Waals surface area contributed by atoms with E-state index in [2.05, 4.69) is 25.7 Å². The lowest BCUT2D eigenvalue weighted by atomic mass is 10.2. The summed E-state index contributed by atoms with van der Waals surface area (Å²) in [6, 6.07) is 7.36. The van der Waals surface area contributed by atoms with Crippen molar-refractivity contribution >= 4 is 18.1 Å². The number of nitrogens with zero attached hydrogens (tertiary/aromatic N) is 4. The molecule has 3 aromatic rings. The van der Waals surface area contributed by atoms with Crippen molar-refractivity contribution in [1.29, 1.82) is 0 Å². The first kappa shape index (κ1) is 19.7. The van der Waals surface area contributed by atoms with Crippen LogP contribution in [0.25, 0.3) is 11.4 Å². The van der Waals surface area contributed by atoms with Gasteiger partial charge >= 0.3 is 0 Å². The number of methoxy groups -OCH3 is 1. The fourth-order valence-electron chi connectivity index (χ4n) is 2.70. The Morgan fingerprint density at radius 3 is 2.82 bits per heavy atom. The van der Waals surface area contributed by atoms with Gasteiger partial charge in [0, 0.05) is 37.9 Å². The number of nitrogens with one attached hydrogen (secondary N) is 2. The van der Waals surface area contributed by atoms with Gasteiger partial charge in [-0.05, 0) is 43.4 Å². The van der Waals surface area contributed by atoms with Crippen LogP contribution in [0.4, 0.5) is 0 Å². The van der Waals surface area contributed by atoms with E-state index in [0.717, 1.165) is 23.7 Å². The monoisotopic (exact) mass is 402 g/mol. The number of hydrogen-bond donors (Lipinski definition) is 2. The van der Waals surface area contributed by atoms with Gasteiger partial charge in [-0.3, -0.25) is 9.89 Å². The number of carbonyl (C=O) groups is 1. The van der Waals surface area contributed by atoms with E-state index in [9.17, 15) is 4.79 Å². The molecule has 0 radical (unpaired) electrons. The number of aryl methyl sites for hydroxylation is 1. The second-order valence-corrected chi connectivity index (χ2v) is 6.42. The van der Waals surface area contributed by atoms with Gasteiger partial charge in [-0.1, -0.05) is 5.16 Å². The van der Waals surface area contributed by atoms with E-state index in [1.807, 2.05) is 35.8 Å². The lowest BCUT2D eigenvalue weighted by molar-refractivity contribution is -0.121.